The average molecular weight is 484 g/mol. The Bertz CT molecular complexity index is 1310. The molecule has 0 aliphatic heterocycles. The fourth-order valence-electron chi connectivity index (χ4n) is 3.23. The van der Waals surface area contributed by atoms with Crippen LogP contribution in [-0.2, 0) is 4.79 Å². The second-order valence-electron chi connectivity index (χ2n) is 7.00. The lowest BCUT2D eigenvalue weighted by molar-refractivity contribution is -0.118. The van der Waals surface area contributed by atoms with Crippen molar-refractivity contribution in [1.29, 1.82) is 0 Å². The predicted molar refractivity (Wildman–Crippen MR) is 128 cm³/mol. The fourth-order valence-corrected chi connectivity index (χ4v) is 3.59. The van der Waals surface area contributed by atoms with Crippen LogP contribution < -0.4 is 14.8 Å². The maximum absolute atomic E-state index is 13.3. The lowest BCUT2D eigenvalue weighted by Crippen LogP contribution is -2.21. The van der Waals surface area contributed by atoms with Crippen molar-refractivity contribution in [2.75, 3.05) is 18.5 Å². The molecule has 0 unspecified atom stereocenters. The van der Waals surface area contributed by atoms with Crippen LogP contribution in [0.5, 0.6) is 11.5 Å². The first-order chi connectivity index (χ1) is 16.0. The molecule has 168 valence electrons. The third-order valence-electron chi connectivity index (χ3n) is 4.74. The molecular weight excluding hydrogens is 465 g/mol. The highest BCUT2D eigenvalue weighted by Gasteiger charge is 2.24. The van der Waals surface area contributed by atoms with Crippen molar-refractivity contribution < 1.29 is 23.5 Å². The number of fused-ring (bicyclic) bond motifs is 1. The first-order valence-electron chi connectivity index (χ1n) is 10.1. The molecule has 0 saturated carbocycles. The van der Waals surface area contributed by atoms with Crippen molar-refractivity contribution in [2.45, 2.75) is 6.92 Å². The topological polar surface area (TPSA) is 77.8 Å². The molecule has 4 aromatic rings. The number of carbonyl (C=O) groups excluding carboxylic acids is 2. The standard InChI is InChI=1S/C25H19Cl2NO5/c1-2-31-21-12-7-15(13-19(21)27)24(30)25-23(18-5-3-4-6-20(18)33-25)28-22(29)14-32-17-10-8-16(26)9-11-17/h3-13H,2,14H2,1H3,(H,28,29). The van der Waals surface area contributed by atoms with Gasteiger partial charge in [-0.05, 0) is 61.5 Å². The van der Waals surface area contributed by atoms with Crippen molar-refractivity contribution in [3.8, 4) is 11.5 Å². The van der Waals surface area contributed by atoms with Gasteiger partial charge in [-0.2, -0.15) is 0 Å². The van der Waals surface area contributed by atoms with E-state index >= 15 is 0 Å². The molecule has 33 heavy (non-hydrogen) atoms. The molecule has 1 amide bonds. The number of carbonyl (C=O) groups is 2. The first kappa shape index (κ1) is 22.7. The van der Waals surface area contributed by atoms with Gasteiger partial charge in [0.25, 0.3) is 5.91 Å². The summed E-state index contributed by atoms with van der Waals surface area (Å²) in [6, 6.07) is 18.4. The van der Waals surface area contributed by atoms with Gasteiger partial charge >= 0.3 is 0 Å². The summed E-state index contributed by atoms with van der Waals surface area (Å²) in [6.45, 7) is 2.03. The summed E-state index contributed by atoms with van der Waals surface area (Å²) in [5.41, 5.74) is 1.03. The van der Waals surface area contributed by atoms with Gasteiger partial charge in [0.05, 0.1) is 17.3 Å². The van der Waals surface area contributed by atoms with Crippen LogP contribution in [0.2, 0.25) is 10.0 Å². The van der Waals surface area contributed by atoms with Crippen LogP contribution in [-0.4, -0.2) is 24.9 Å². The van der Waals surface area contributed by atoms with Crippen LogP contribution in [0.4, 0.5) is 5.69 Å². The molecule has 3 aromatic carbocycles. The van der Waals surface area contributed by atoms with Crippen LogP contribution in [0.3, 0.4) is 0 Å². The Morgan fingerprint density at radius 3 is 2.45 bits per heavy atom. The molecule has 0 atom stereocenters. The molecule has 0 aliphatic carbocycles. The molecule has 8 heteroatoms. The van der Waals surface area contributed by atoms with Crippen molar-refractivity contribution in [1.82, 2.24) is 0 Å². The molecule has 1 N–H and O–H groups in total. The van der Waals surface area contributed by atoms with E-state index in [1.807, 2.05) is 6.92 Å². The van der Waals surface area contributed by atoms with Gasteiger partial charge in [0.15, 0.2) is 12.4 Å². The number of hydrogen-bond donors (Lipinski definition) is 1. The SMILES string of the molecule is CCOc1ccc(C(=O)c2oc3ccccc3c2NC(=O)COc2ccc(Cl)cc2)cc1Cl. The maximum atomic E-state index is 13.3. The molecule has 1 heterocycles. The molecule has 0 bridgehead atoms. The van der Waals surface area contributed by atoms with Crippen LogP contribution in [0.25, 0.3) is 11.0 Å². The number of para-hydroxylation sites is 1. The summed E-state index contributed by atoms with van der Waals surface area (Å²) in [5.74, 6) is 0.0942. The lowest BCUT2D eigenvalue weighted by Gasteiger charge is -2.09. The van der Waals surface area contributed by atoms with E-state index in [1.54, 1.807) is 60.7 Å². The Labute approximate surface area is 200 Å². The van der Waals surface area contributed by atoms with E-state index in [4.69, 9.17) is 37.1 Å². The van der Waals surface area contributed by atoms with E-state index in [9.17, 15) is 9.59 Å². The number of anilines is 1. The molecule has 6 nitrogen and oxygen atoms in total. The highest BCUT2D eigenvalue weighted by molar-refractivity contribution is 6.32. The van der Waals surface area contributed by atoms with Crippen LogP contribution in [0, 0.1) is 0 Å². The van der Waals surface area contributed by atoms with Crippen molar-refractivity contribution >= 4 is 51.5 Å². The lowest BCUT2D eigenvalue weighted by atomic mass is 10.1. The van der Waals surface area contributed by atoms with Gasteiger partial charge in [0, 0.05) is 16.0 Å². The molecular formula is C25H19Cl2NO5. The third-order valence-corrected chi connectivity index (χ3v) is 5.29. The van der Waals surface area contributed by atoms with Crippen molar-refractivity contribution in [3.63, 3.8) is 0 Å². The van der Waals surface area contributed by atoms with E-state index < -0.39 is 11.7 Å². The van der Waals surface area contributed by atoms with Gasteiger partial charge in [-0.15, -0.1) is 0 Å². The van der Waals surface area contributed by atoms with Gasteiger partial charge < -0.3 is 19.2 Å². The molecule has 0 aliphatic rings. The van der Waals surface area contributed by atoms with E-state index in [1.165, 1.54) is 6.07 Å². The summed E-state index contributed by atoms with van der Waals surface area (Å²) in [5, 5.41) is 4.22. The molecule has 0 fully saturated rings. The number of ketones is 1. The van der Waals surface area contributed by atoms with E-state index in [0.29, 0.717) is 44.7 Å². The van der Waals surface area contributed by atoms with E-state index in [-0.39, 0.29) is 18.1 Å². The maximum Gasteiger partial charge on any atom is 0.262 e. The summed E-state index contributed by atoms with van der Waals surface area (Å²) in [4.78, 5) is 25.9. The quantitative estimate of drug-likeness (QED) is 0.294. The molecule has 0 radical (unpaired) electrons. The number of nitrogens with one attached hydrogen (secondary N) is 1. The minimum Gasteiger partial charge on any atom is -0.492 e. The van der Waals surface area contributed by atoms with Crippen LogP contribution in [0.15, 0.2) is 71.1 Å². The predicted octanol–water partition coefficient (Wildman–Crippen LogP) is 6.39. The highest BCUT2D eigenvalue weighted by atomic mass is 35.5. The zero-order valence-electron chi connectivity index (χ0n) is 17.6. The second kappa shape index (κ2) is 9.98. The number of benzene rings is 3. The molecule has 0 saturated heterocycles. The van der Waals surface area contributed by atoms with Gasteiger partial charge in [-0.25, -0.2) is 0 Å². The fraction of sp³-hybridized carbons (Fsp3) is 0.120. The average Bonchev–Trinajstić information content (AvgIpc) is 3.18. The van der Waals surface area contributed by atoms with E-state index in [2.05, 4.69) is 5.32 Å². The Morgan fingerprint density at radius 2 is 1.73 bits per heavy atom. The van der Waals surface area contributed by atoms with Crippen molar-refractivity contribution in [3.05, 3.63) is 88.1 Å². The third kappa shape index (κ3) is 5.13. The minimum absolute atomic E-state index is 0.00345. The minimum atomic E-state index is -0.449. The normalized spacial score (nSPS) is 10.8. The molecule has 1 aromatic heterocycles. The summed E-state index contributed by atoms with van der Waals surface area (Å²) in [6.07, 6.45) is 0. The number of halogens is 2. The largest absolute Gasteiger partial charge is 0.492 e. The number of hydrogen-bond acceptors (Lipinski definition) is 5. The Balaban J connectivity index is 1.60. The zero-order valence-corrected chi connectivity index (χ0v) is 19.1. The number of furan rings is 1. The summed E-state index contributed by atoms with van der Waals surface area (Å²) >= 11 is 12.1. The Hall–Kier alpha value is -3.48. The Morgan fingerprint density at radius 1 is 0.970 bits per heavy atom. The summed E-state index contributed by atoms with van der Waals surface area (Å²) in [7, 11) is 0. The van der Waals surface area contributed by atoms with Gasteiger partial charge in [0.2, 0.25) is 5.78 Å². The monoisotopic (exact) mass is 483 g/mol. The zero-order chi connectivity index (χ0) is 23.4. The molecule has 0 spiro atoms. The number of rotatable bonds is 8. The first-order valence-corrected chi connectivity index (χ1v) is 10.9. The summed E-state index contributed by atoms with van der Waals surface area (Å²) < 4.78 is 16.7. The smallest absolute Gasteiger partial charge is 0.262 e. The van der Waals surface area contributed by atoms with E-state index in [0.717, 1.165) is 0 Å². The van der Waals surface area contributed by atoms with Gasteiger partial charge in [0.1, 0.15) is 17.1 Å². The highest BCUT2D eigenvalue weighted by Crippen LogP contribution is 2.34. The van der Waals surface area contributed by atoms with Gasteiger partial charge in [-0.3, -0.25) is 9.59 Å². The number of amides is 1. The van der Waals surface area contributed by atoms with Gasteiger partial charge in [-0.1, -0.05) is 35.3 Å². The van der Waals surface area contributed by atoms with Crippen molar-refractivity contribution in [2.24, 2.45) is 0 Å². The Kier molecular flexibility index (Phi) is 6.87. The van der Waals surface area contributed by atoms with Crippen LogP contribution >= 0.6 is 23.2 Å². The second-order valence-corrected chi connectivity index (χ2v) is 7.84. The number of ether oxygens (including phenoxy) is 2. The molecule has 4 rings (SSSR count). The van der Waals surface area contributed by atoms with Crippen LogP contribution in [0.1, 0.15) is 23.0 Å².